The van der Waals surface area contributed by atoms with Gasteiger partial charge in [-0.1, -0.05) is 29.8 Å². The number of aromatic hydroxyl groups is 1. The van der Waals surface area contributed by atoms with Crippen LogP contribution in [0.25, 0.3) is 0 Å². The second-order valence-corrected chi connectivity index (χ2v) is 4.68. The minimum absolute atomic E-state index is 0.154. The molecular formula is C15H16ClNO2. The summed E-state index contributed by atoms with van der Waals surface area (Å²) in [6.07, 6.45) is 0. The van der Waals surface area contributed by atoms with Crippen LogP contribution in [0.4, 0.5) is 0 Å². The molecule has 0 aromatic heterocycles. The minimum atomic E-state index is 0.154. The highest BCUT2D eigenvalue weighted by atomic mass is 35.5. The molecule has 2 N–H and O–H groups in total. The van der Waals surface area contributed by atoms with Crippen molar-refractivity contribution < 1.29 is 9.84 Å². The van der Waals surface area contributed by atoms with Crippen LogP contribution in [0.5, 0.6) is 11.5 Å². The Hall–Kier alpha value is -1.71. The number of hydrogen-bond donors (Lipinski definition) is 2. The van der Waals surface area contributed by atoms with Gasteiger partial charge in [-0.15, -0.1) is 0 Å². The van der Waals surface area contributed by atoms with Gasteiger partial charge in [0, 0.05) is 18.1 Å². The van der Waals surface area contributed by atoms with Gasteiger partial charge in [-0.2, -0.15) is 0 Å². The number of phenols is 1. The van der Waals surface area contributed by atoms with Crippen LogP contribution in [0.15, 0.2) is 42.5 Å². The Morgan fingerprint density at radius 1 is 1.11 bits per heavy atom. The van der Waals surface area contributed by atoms with E-state index in [0.717, 1.165) is 22.7 Å². The Labute approximate surface area is 117 Å². The van der Waals surface area contributed by atoms with Crippen LogP contribution in [0.2, 0.25) is 5.02 Å². The van der Waals surface area contributed by atoms with Gasteiger partial charge < -0.3 is 15.2 Å². The van der Waals surface area contributed by atoms with Gasteiger partial charge >= 0.3 is 0 Å². The molecular weight excluding hydrogens is 262 g/mol. The number of methoxy groups -OCH3 is 1. The Bertz CT molecular complexity index is 558. The van der Waals surface area contributed by atoms with Crippen molar-refractivity contribution in [1.29, 1.82) is 0 Å². The number of hydrogen-bond acceptors (Lipinski definition) is 3. The van der Waals surface area contributed by atoms with E-state index in [9.17, 15) is 5.11 Å². The second kappa shape index (κ2) is 6.45. The molecule has 0 aliphatic heterocycles. The smallest absolute Gasteiger partial charge is 0.160 e. The van der Waals surface area contributed by atoms with E-state index in [1.807, 2.05) is 36.4 Å². The minimum Gasteiger partial charge on any atom is -0.504 e. The lowest BCUT2D eigenvalue weighted by atomic mass is 10.2. The molecule has 0 fully saturated rings. The molecule has 4 heteroatoms. The lowest BCUT2D eigenvalue weighted by Gasteiger charge is -2.08. The number of nitrogens with one attached hydrogen (secondary N) is 1. The van der Waals surface area contributed by atoms with Crippen LogP contribution in [0, 0.1) is 0 Å². The van der Waals surface area contributed by atoms with Crippen LogP contribution >= 0.6 is 11.6 Å². The van der Waals surface area contributed by atoms with Gasteiger partial charge in [0.15, 0.2) is 11.5 Å². The van der Waals surface area contributed by atoms with Crippen molar-refractivity contribution >= 4 is 11.6 Å². The first-order valence-electron chi connectivity index (χ1n) is 6.00. The van der Waals surface area contributed by atoms with Crippen LogP contribution in [-0.2, 0) is 13.1 Å². The topological polar surface area (TPSA) is 41.5 Å². The Balaban J connectivity index is 1.92. The van der Waals surface area contributed by atoms with Gasteiger partial charge in [-0.3, -0.25) is 0 Å². The number of ether oxygens (including phenoxy) is 1. The van der Waals surface area contributed by atoms with Gasteiger partial charge in [0.2, 0.25) is 0 Å². The van der Waals surface area contributed by atoms with E-state index in [1.54, 1.807) is 6.07 Å². The largest absolute Gasteiger partial charge is 0.504 e. The van der Waals surface area contributed by atoms with Crippen molar-refractivity contribution in [2.45, 2.75) is 13.1 Å². The summed E-state index contributed by atoms with van der Waals surface area (Å²) in [6, 6.07) is 13.1. The zero-order valence-electron chi connectivity index (χ0n) is 10.7. The summed E-state index contributed by atoms with van der Waals surface area (Å²) in [5.74, 6) is 0.642. The summed E-state index contributed by atoms with van der Waals surface area (Å²) >= 11 is 5.93. The SMILES string of the molecule is COc1cc(CNCc2cccc(Cl)c2)ccc1O. The first-order chi connectivity index (χ1) is 9.19. The van der Waals surface area contributed by atoms with Gasteiger partial charge in [-0.05, 0) is 35.4 Å². The molecule has 0 saturated carbocycles. The first kappa shape index (κ1) is 13.7. The molecule has 0 atom stereocenters. The Morgan fingerprint density at radius 3 is 2.53 bits per heavy atom. The number of benzene rings is 2. The molecule has 19 heavy (non-hydrogen) atoms. The molecule has 0 unspecified atom stereocenters. The van der Waals surface area contributed by atoms with E-state index >= 15 is 0 Å². The second-order valence-electron chi connectivity index (χ2n) is 4.24. The maximum atomic E-state index is 9.51. The lowest BCUT2D eigenvalue weighted by molar-refractivity contribution is 0.373. The van der Waals surface area contributed by atoms with Crippen LogP contribution in [-0.4, -0.2) is 12.2 Å². The molecule has 0 aliphatic rings. The maximum absolute atomic E-state index is 9.51. The quantitative estimate of drug-likeness (QED) is 0.881. The molecule has 2 aromatic rings. The van der Waals surface area contributed by atoms with Gasteiger partial charge in [0.05, 0.1) is 7.11 Å². The third-order valence-electron chi connectivity index (χ3n) is 2.79. The predicted molar refractivity (Wildman–Crippen MR) is 76.7 cm³/mol. The van der Waals surface area contributed by atoms with E-state index in [1.165, 1.54) is 7.11 Å². The fourth-order valence-corrected chi connectivity index (χ4v) is 2.04. The average Bonchev–Trinajstić information content (AvgIpc) is 2.41. The molecule has 0 heterocycles. The van der Waals surface area contributed by atoms with Crippen LogP contribution in [0.3, 0.4) is 0 Å². The zero-order chi connectivity index (χ0) is 13.7. The molecule has 100 valence electrons. The third-order valence-corrected chi connectivity index (χ3v) is 3.03. The van der Waals surface area contributed by atoms with Gasteiger partial charge in [-0.25, -0.2) is 0 Å². The molecule has 2 rings (SSSR count). The van der Waals surface area contributed by atoms with E-state index in [-0.39, 0.29) is 5.75 Å². The predicted octanol–water partition coefficient (Wildman–Crippen LogP) is 3.34. The standard InChI is InChI=1S/C15H16ClNO2/c1-19-15-8-12(5-6-14(15)18)10-17-9-11-3-2-4-13(16)7-11/h2-8,17-18H,9-10H2,1H3. The van der Waals surface area contributed by atoms with E-state index in [2.05, 4.69) is 5.32 Å². The number of rotatable bonds is 5. The fourth-order valence-electron chi connectivity index (χ4n) is 1.83. The summed E-state index contributed by atoms with van der Waals surface area (Å²) in [6.45, 7) is 1.44. The monoisotopic (exact) mass is 277 g/mol. The van der Waals surface area contributed by atoms with Crippen molar-refractivity contribution in [2.75, 3.05) is 7.11 Å². The molecule has 0 radical (unpaired) electrons. The number of halogens is 1. The first-order valence-corrected chi connectivity index (χ1v) is 6.38. The van der Waals surface area contributed by atoms with Crippen molar-refractivity contribution in [2.24, 2.45) is 0 Å². The molecule has 0 aliphatic carbocycles. The molecule has 0 saturated heterocycles. The molecule has 0 spiro atoms. The summed E-state index contributed by atoms with van der Waals surface area (Å²) in [7, 11) is 1.54. The number of phenolic OH excluding ortho intramolecular Hbond substituents is 1. The van der Waals surface area contributed by atoms with E-state index in [4.69, 9.17) is 16.3 Å². The van der Waals surface area contributed by atoms with Crippen molar-refractivity contribution in [3.8, 4) is 11.5 Å². The Morgan fingerprint density at radius 2 is 1.84 bits per heavy atom. The van der Waals surface area contributed by atoms with Gasteiger partial charge in [0.25, 0.3) is 0 Å². The molecule has 0 amide bonds. The third kappa shape index (κ3) is 3.88. The zero-order valence-corrected chi connectivity index (χ0v) is 11.4. The van der Waals surface area contributed by atoms with E-state index < -0.39 is 0 Å². The van der Waals surface area contributed by atoms with Crippen molar-refractivity contribution in [3.63, 3.8) is 0 Å². The summed E-state index contributed by atoms with van der Waals surface area (Å²) in [4.78, 5) is 0. The van der Waals surface area contributed by atoms with Crippen molar-refractivity contribution in [3.05, 3.63) is 58.6 Å². The maximum Gasteiger partial charge on any atom is 0.160 e. The highest BCUT2D eigenvalue weighted by molar-refractivity contribution is 6.30. The molecule has 0 bridgehead atoms. The molecule has 3 nitrogen and oxygen atoms in total. The van der Waals surface area contributed by atoms with E-state index in [0.29, 0.717) is 12.3 Å². The van der Waals surface area contributed by atoms with Crippen molar-refractivity contribution in [1.82, 2.24) is 5.32 Å². The Kier molecular flexibility index (Phi) is 4.66. The lowest BCUT2D eigenvalue weighted by Crippen LogP contribution is -2.12. The average molecular weight is 278 g/mol. The van der Waals surface area contributed by atoms with Crippen LogP contribution < -0.4 is 10.1 Å². The summed E-state index contributed by atoms with van der Waals surface area (Å²) in [5, 5.41) is 13.6. The highest BCUT2D eigenvalue weighted by Crippen LogP contribution is 2.26. The highest BCUT2D eigenvalue weighted by Gasteiger charge is 2.02. The van der Waals surface area contributed by atoms with Gasteiger partial charge in [0.1, 0.15) is 0 Å². The normalized spacial score (nSPS) is 10.4. The molecule has 2 aromatic carbocycles. The van der Waals surface area contributed by atoms with Crippen LogP contribution in [0.1, 0.15) is 11.1 Å². The summed E-state index contributed by atoms with van der Waals surface area (Å²) in [5.41, 5.74) is 2.19. The fraction of sp³-hybridized carbons (Fsp3) is 0.200. The summed E-state index contributed by atoms with van der Waals surface area (Å²) < 4.78 is 5.07.